The van der Waals surface area contributed by atoms with Gasteiger partial charge in [-0.15, -0.1) is 0 Å². The summed E-state index contributed by atoms with van der Waals surface area (Å²) in [7, 11) is 0. The number of unbranched alkanes of at least 4 members (excludes halogenated alkanes) is 6. The number of benzene rings is 1. The lowest BCUT2D eigenvalue weighted by Crippen LogP contribution is -2.47. The van der Waals surface area contributed by atoms with Crippen LogP contribution in [0.3, 0.4) is 0 Å². The molecule has 3 aliphatic carbocycles. The number of phenols is 1. The highest BCUT2D eigenvalue weighted by Gasteiger charge is 2.57. The molecule has 1 aromatic rings. The molecule has 2 N–H and O–H groups in total. The molecule has 0 aromatic heterocycles. The first kappa shape index (κ1) is 35.9. The molecular formula is C36H53F5O4. The summed E-state index contributed by atoms with van der Waals surface area (Å²) < 4.78 is 69.0. The van der Waals surface area contributed by atoms with Gasteiger partial charge in [-0.1, -0.05) is 57.9 Å². The van der Waals surface area contributed by atoms with Crippen LogP contribution in [0.1, 0.15) is 134 Å². The van der Waals surface area contributed by atoms with Gasteiger partial charge in [-0.05, 0) is 117 Å². The molecule has 0 bridgehead atoms. The molecular weight excluding hydrogens is 591 g/mol. The number of rotatable bonds is 16. The number of aliphatic hydroxyl groups is 1. The van der Waals surface area contributed by atoms with Crippen LogP contribution in [0.25, 0.3) is 0 Å². The maximum Gasteiger partial charge on any atom is 0.453 e. The Balaban J connectivity index is 1.19. The van der Waals surface area contributed by atoms with Gasteiger partial charge in [0.2, 0.25) is 0 Å². The monoisotopic (exact) mass is 644 g/mol. The quantitative estimate of drug-likeness (QED) is 0.107. The fraction of sp³-hybridized carbons (Fsp3) is 0.806. The van der Waals surface area contributed by atoms with Gasteiger partial charge in [-0.3, -0.25) is 4.79 Å². The second-order valence-electron chi connectivity index (χ2n) is 14.4. The van der Waals surface area contributed by atoms with Gasteiger partial charge in [0.15, 0.2) is 0 Å². The second kappa shape index (κ2) is 15.3. The van der Waals surface area contributed by atoms with Crippen LogP contribution in [0, 0.1) is 29.1 Å². The molecule has 2 fully saturated rings. The molecule has 0 aliphatic heterocycles. The van der Waals surface area contributed by atoms with Crippen LogP contribution in [0.15, 0.2) is 18.2 Å². The van der Waals surface area contributed by atoms with Crippen molar-refractivity contribution in [2.45, 2.75) is 147 Å². The number of fused-ring (bicyclic) bond motifs is 5. The van der Waals surface area contributed by atoms with Gasteiger partial charge < -0.3 is 14.9 Å². The zero-order valence-electron chi connectivity index (χ0n) is 27.0. The van der Waals surface area contributed by atoms with E-state index in [0.29, 0.717) is 42.3 Å². The summed E-state index contributed by atoms with van der Waals surface area (Å²) in [6, 6.07) is 5.92. The van der Waals surface area contributed by atoms with Gasteiger partial charge in [-0.25, -0.2) is 0 Å². The number of alkyl halides is 5. The van der Waals surface area contributed by atoms with Crippen LogP contribution in [0.2, 0.25) is 0 Å². The zero-order chi connectivity index (χ0) is 32.8. The molecule has 2 saturated carbocycles. The molecule has 3 aliphatic rings. The molecule has 0 radical (unpaired) electrons. The van der Waals surface area contributed by atoms with E-state index in [4.69, 9.17) is 4.74 Å². The maximum absolute atomic E-state index is 13.3. The van der Waals surface area contributed by atoms with Gasteiger partial charge in [0.1, 0.15) is 5.75 Å². The van der Waals surface area contributed by atoms with Crippen molar-refractivity contribution in [3.63, 3.8) is 0 Å². The fourth-order valence-corrected chi connectivity index (χ4v) is 9.06. The van der Waals surface area contributed by atoms with Crippen molar-refractivity contribution in [1.29, 1.82) is 0 Å². The number of carbonyl (C=O) groups excluding carboxylic acids is 1. The van der Waals surface area contributed by atoms with Gasteiger partial charge in [0.25, 0.3) is 0 Å². The van der Waals surface area contributed by atoms with E-state index in [9.17, 15) is 37.0 Å². The number of carbonyl (C=O) groups is 1. The van der Waals surface area contributed by atoms with E-state index >= 15 is 0 Å². The van der Waals surface area contributed by atoms with E-state index in [0.717, 1.165) is 77.0 Å². The topological polar surface area (TPSA) is 66.8 Å². The smallest absolute Gasteiger partial charge is 0.453 e. The van der Waals surface area contributed by atoms with Crippen molar-refractivity contribution in [3.8, 4) is 5.75 Å². The van der Waals surface area contributed by atoms with Crippen molar-refractivity contribution in [2.24, 2.45) is 29.1 Å². The molecule has 7 atom stereocenters. The highest BCUT2D eigenvalue weighted by Crippen LogP contribution is 2.62. The third kappa shape index (κ3) is 8.53. The lowest BCUT2D eigenvalue weighted by molar-refractivity contribution is -0.284. The zero-order valence-corrected chi connectivity index (χ0v) is 27.0. The number of hydrogen-bond donors (Lipinski definition) is 2. The third-order valence-corrected chi connectivity index (χ3v) is 11.5. The molecule has 0 heterocycles. The Kier molecular flexibility index (Phi) is 12.2. The second-order valence-corrected chi connectivity index (χ2v) is 14.4. The lowest BCUT2D eigenvalue weighted by atomic mass is 9.52. The number of halogens is 5. The first-order chi connectivity index (χ1) is 21.3. The van der Waals surface area contributed by atoms with Crippen LogP contribution in [-0.4, -0.2) is 41.0 Å². The Labute approximate surface area is 265 Å². The van der Waals surface area contributed by atoms with Crippen molar-refractivity contribution < 1.29 is 41.7 Å². The highest BCUT2D eigenvalue weighted by atomic mass is 19.4. The minimum atomic E-state index is -5.57. The van der Waals surface area contributed by atoms with Crippen molar-refractivity contribution in [3.05, 3.63) is 29.3 Å². The summed E-state index contributed by atoms with van der Waals surface area (Å²) in [4.78, 5) is 12.3. The van der Waals surface area contributed by atoms with Crippen LogP contribution in [0.5, 0.6) is 5.75 Å². The largest absolute Gasteiger partial charge is 0.508 e. The summed E-state index contributed by atoms with van der Waals surface area (Å²) in [5.41, 5.74) is 2.70. The standard InChI is InChI=1S/C36H53F5O4/c1-3-45-33(44)24(14-11-20-35(37,38)36(39,40)41)12-9-7-5-4-6-8-10-13-25-22-26-23-27(42)15-16-28(26)29-19-21-34(2)30(32(25)29)17-18-31(34)43/h15-16,23-25,29-32,42-43H,3-14,17-22H2,1-2H3. The number of phenolic OH excluding ortho intramolecular Hbond substituents is 1. The number of aliphatic hydroxyl groups excluding tert-OH is 1. The Morgan fingerprint density at radius 1 is 0.978 bits per heavy atom. The minimum absolute atomic E-state index is 0.00821. The van der Waals surface area contributed by atoms with E-state index in [-0.39, 0.29) is 31.0 Å². The molecule has 0 spiro atoms. The Morgan fingerprint density at radius 2 is 1.64 bits per heavy atom. The molecule has 0 saturated heterocycles. The summed E-state index contributed by atoms with van der Waals surface area (Å²) in [5.74, 6) is -3.41. The first-order valence-electron chi connectivity index (χ1n) is 17.4. The van der Waals surface area contributed by atoms with E-state index in [1.807, 2.05) is 12.1 Å². The molecule has 4 nitrogen and oxygen atoms in total. The summed E-state index contributed by atoms with van der Waals surface area (Å²) in [6.45, 7) is 4.10. The third-order valence-electron chi connectivity index (χ3n) is 11.5. The van der Waals surface area contributed by atoms with Gasteiger partial charge in [0.05, 0.1) is 18.6 Å². The first-order valence-corrected chi connectivity index (χ1v) is 17.4. The number of esters is 1. The molecule has 45 heavy (non-hydrogen) atoms. The van der Waals surface area contributed by atoms with Crippen LogP contribution in [0.4, 0.5) is 22.0 Å². The predicted molar refractivity (Wildman–Crippen MR) is 164 cm³/mol. The van der Waals surface area contributed by atoms with Crippen molar-refractivity contribution >= 4 is 5.97 Å². The SMILES string of the molecule is CCOC(=O)C(CCCCCCCCCC1Cc2cc(O)ccc2C2CCC3(C)C(O)CCC3C12)CCCC(F)(F)C(F)(F)F. The van der Waals surface area contributed by atoms with Crippen LogP contribution in [-0.2, 0) is 16.0 Å². The Morgan fingerprint density at radius 3 is 2.33 bits per heavy atom. The molecule has 4 rings (SSSR count). The normalized spacial score (nSPS) is 28.7. The van der Waals surface area contributed by atoms with E-state index in [1.54, 1.807) is 6.92 Å². The van der Waals surface area contributed by atoms with Crippen LogP contribution >= 0.6 is 0 Å². The Bertz CT molecular complexity index is 1110. The number of hydrogen-bond acceptors (Lipinski definition) is 4. The maximum atomic E-state index is 13.3. The van der Waals surface area contributed by atoms with E-state index in [2.05, 4.69) is 13.0 Å². The molecule has 7 unspecified atom stereocenters. The van der Waals surface area contributed by atoms with E-state index < -0.39 is 30.4 Å². The van der Waals surface area contributed by atoms with Crippen molar-refractivity contribution in [2.75, 3.05) is 6.61 Å². The summed E-state index contributed by atoms with van der Waals surface area (Å²) >= 11 is 0. The Hall–Kier alpha value is -1.90. The van der Waals surface area contributed by atoms with E-state index in [1.165, 1.54) is 11.1 Å². The van der Waals surface area contributed by atoms with Gasteiger partial charge in [0, 0.05) is 6.42 Å². The number of ether oxygens (including phenoxy) is 1. The lowest BCUT2D eigenvalue weighted by Gasteiger charge is -2.53. The molecule has 256 valence electrons. The average molecular weight is 645 g/mol. The highest BCUT2D eigenvalue weighted by molar-refractivity contribution is 5.72. The predicted octanol–water partition coefficient (Wildman–Crippen LogP) is 9.89. The summed E-state index contributed by atoms with van der Waals surface area (Å²) in [5, 5.41) is 21.1. The molecule has 1 aromatic carbocycles. The van der Waals surface area contributed by atoms with Crippen LogP contribution < -0.4 is 0 Å². The number of aromatic hydroxyl groups is 1. The molecule has 9 heteroatoms. The average Bonchev–Trinajstić information content (AvgIpc) is 3.28. The minimum Gasteiger partial charge on any atom is -0.508 e. The fourth-order valence-electron chi connectivity index (χ4n) is 9.06. The summed E-state index contributed by atoms with van der Waals surface area (Å²) in [6.07, 6.45) is 6.22. The van der Waals surface area contributed by atoms with Gasteiger partial charge in [-0.2, -0.15) is 22.0 Å². The molecule has 0 amide bonds. The van der Waals surface area contributed by atoms with Crippen molar-refractivity contribution in [1.82, 2.24) is 0 Å². The van der Waals surface area contributed by atoms with Gasteiger partial charge >= 0.3 is 18.1 Å².